The number of fused-ring (bicyclic) bond motifs is 1. The van der Waals surface area contributed by atoms with Gasteiger partial charge in [0.15, 0.2) is 0 Å². The molecule has 0 radical (unpaired) electrons. The Morgan fingerprint density at radius 1 is 0.963 bits per heavy atom. The Morgan fingerprint density at radius 3 is 2.41 bits per heavy atom. The lowest BCUT2D eigenvalue weighted by atomic mass is 10.0. The first-order valence-corrected chi connectivity index (χ1v) is 11.1. The van der Waals surface area contributed by atoms with Crippen LogP contribution in [0.25, 0.3) is 10.8 Å². The number of rotatable bonds is 13. The Bertz CT molecular complexity index is 683. The van der Waals surface area contributed by atoms with Gasteiger partial charge in [-0.15, -0.1) is 11.6 Å². The zero-order chi connectivity index (χ0) is 19.5. The number of unbranched alkanes of at least 4 members (excludes halogenated alkanes) is 3. The van der Waals surface area contributed by atoms with E-state index in [9.17, 15) is 0 Å². The number of alkyl halides is 1. The summed E-state index contributed by atoms with van der Waals surface area (Å²) in [4.78, 5) is 0. The number of hydrogen-bond acceptors (Lipinski definition) is 2. The fourth-order valence-electron chi connectivity index (χ4n) is 3.39. The van der Waals surface area contributed by atoms with Crippen molar-refractivity contribution in [2.24, 2.45) is 5.92 Å². The van der Waals surface area contributed by atoms with Gasteiger partial charge in [-0.05, 0) is 36.8 Å². The minimum absolute atomic E-state index is 0.501. The average molecular weight is 391 g/mol. The maximum absolute atomic E-state index is 6.27. The Labute approximate surface area is 170 Å². The van der Waals surface area contributed by atoms with Crippen LogP contribution in [-0.4, -0.2) is 19.1 Å². The number of ether oxygens (including phenoxy) is 2. The van der Waals surface area contributed by atoms with Gasteiger partial charge in [0.1, 0.15) is 11.5 Å². The molecule has 0 spiro atoms. The van der Waals surface area contributed by atoms with Gasteiger partial charge < -0.3 is 9.47 Å². The summed E-state index contributed by atoms with van der Waals surface area (Å²) < 4.78 is 12.5. The van der Waals surface area contributed by atoms with E-state index in [-0.39, 0.29) is 0 Å². The molecule has 0 heterocycles. The van der Waals surface area contributed by atoms with Crippen LogP contribution in [-0.2, 0) is 6.42 Å². The highest BCUT2D eigenvalue weighted by molar-refractivity contribution is 6.17. The summed E-state index contributed by atoms with van der Waals surface area (Å²) in [5.41, 5.74) is 1.23. The van der Waals surface area contributed by atoms with Crippen LogP contribution in [0.15, 0.2) is 30.3 Å². The smallest absolute Gasteiger partial charge is 0.130 e. The number of halogens is 1. The average Bonchev–Trinajstić information content (AvgIpc) is 2.71. The predicted octanol–water partition coefficient (Wildman–Crippen LogP) is 7.40. The molecule has 2 nitrogen and oxygen atoms in total. The van der Waals surface area contributed by atoms with Crippen LogP contribution in [0.5, 0.6) is 11.5 Å². The molecule has 1 unspecified atom stereocenters. The van der Waals surface area contributed by atoms with Gasteiger partial charge >= 0.3 is 0 Å². The summed E-state index contributed by atoms with van der Waals surface area (Å²) in [5.74, 6) is 3.19. The summed E-state index contributed by atoms with van der Waals surface area (Å²) in [6.07, 6.45) is 7.89. The fourth-order valence-corrected chi connectivity index (χ4v) is 3.70. The van der Waals surface area contributed by atoms with Crippen molar-refractivity contribution in [1.82, 2.24) is 0 Å². The standard InChI is InChI=1S/C24H35ClO2/c1-4-7-8-11-16-26-24-20(6-3)17-23(21-12-9-10-13-22(21)24)27-18-19(5-2)14-15-25/h9-10,12-13,17,19H,4-8,11,14-16,18H2,1-3H3. The third-order valence-electron chi connectivity index (χ3n) is 5.23. The maximum Gasteiger partial charge on any atom is 0.130 e. The lowest BCUT2D eigenvalue weighted by Gasteiger charge is -2.19. The third kappa shape index (κ3) is 6.31. The molecule has 0 bridgehead atoms. The topological polar surface area (TPSA) is 18.5 Å². The zero-order valence-corrected chi connectivity index (χ0v) is 18.0. The van der Waals surface area contributed by atoms with Crippen LogP contribution >= 0.6 is 11.6 Å². The first-order valence-electron chi connectivity index (χ1n) is 10.6. The van der Waals surface area contributed by atoms with E-state index in [4.69, 9.17) is 21.1 Å². The molecule has 0 aliphatic rings. The Morgan fingerprint density at radius 2 is 1.74 bits per heavy atom. The number of aryl methyl sites for hydroxylation is 1. The van der Waals surface area contributed by atoms with E-state index >= 15 is 0 Å². The summed E-state index contributed by atoms with van der Waals surface area (Å²) >= 11 is 5.93. The van der Waals surface area contributed by atoms with Crippen LogP contribution in [0, 0.1) is 5.92 Å². The highest BCUT2D eigenvalue weighted by atomic mass is 35.5. The minimum Gasteiger partial charge on any atom is -0.493 e. The van der Waals surface area contributed by atoms with Crippen LogP contribution in [0.3, 0.4) is 0 Å². The summed E-state index contributed by atoms with van der Waals surface area (Å²) in [7, 11) is 0. The molecular weight excluding hydrogens is 356 g/mol. The third-order valence-corrected chi connectivity index (χ3v) is 5.45. The zero-order valence-electron chi connectivity index (χ0n) is 17.2. The van der Waals surface area contributed by atoms with Gasteiger partial charge in [-0.3, -0.25) is 0 Å². The Hall–Kier alpha value is -1.41. The van der Waals surface area contributed by atoms with E-state index < -0.39 is 0 Å². The Kier molecular flexibility index (Phi) is 9.83. The molecule has 0 saturated heterocycles. The lowest BCUT2D eigenvalue weighted by molar-refractivity contribution is 0.243. The molecule has 0 fully saturated rings. The fraction of sp³-hybridized carbons (Fsp3) is 0.583. The van der Waals surface area contributed by atoms with E-state index in [0.29, 0.717) is 18.4 Å². The SMILES string of the molecule is CCCCCCOc1c(CC)cc(OCC(CC)CCCl)c2ccccc12. The monoisotopic (exact) mass is 390 g/mol. The molecule has 1 atom stereocenters. The molecule has 3 heteroatoms. The summed E-state index contributed by atoms with van der Waals surface area (Å²) in [6, 6.07) is 10.6. The van der Waals surface area contributed by atoms with Crippen molar-refractivity contribution in [3.63, 3.8) is 0 Å². The van der Waals surface area contributed by atoms with E-state index in [1.165, 1.54) is 24.8 Å². The minimum atomic E-state index is 0.501. The van der Waals surface area contributed by atoms with Crippen molar-refractivity contribution in [2.45, 2.75) is 65.7 Å². The molecule has 0 N–H and O–H groups in total. The van der Waals surface area contributed by atoms with Gasteiger partial charge in [0, 0.05) is 16.7 Å². The molecule has 0 saturated carbocycles. The van der Waals surface area contributed by atoms with Crippen molar-refractivity contribution in [3.8, 4) is 11.5 Å². The highest BCUT2D eigenvalue weighted by Gasteiger charge is 2.15. The van der Waals surface area contributed by atoms with Crippen molar-refractivity contribution in [3.05, 3.63) is 35.9 Å². The molecule has 2 aromatic carbocycles. The van der Waals surface area contributed by atoms with Gasteiger partial charge in [-0.25, -0.2) is 0 Å². The Balaban J connectivity index is 2.23. The molecule has 0 aromatic heterocycles. The quantitative estimate of drug-likeness (QED) is 0.262. The molecule has 0 aliphatic carbocycles. The first-order chi connectivity index (χ1) is 13.2. The second-order valence-electron chi connectivity index (χ2n) is 7.23. The maximum atomic E-state index is 6.27. The van der Waals surface area contributed by atoms with Crippen molar-refractivity contribution in [1.29, 1.82) is 0 Å². The van der Waals surface area contributed by atoms with E-state index in [0.717, 1.165) is 54.6 Å². The molecular formula is C24H35ClO2. The van der Waals surface area contributed by atoms with Gasteiger partial charge in [-0.1, -0.05) is 70.7 Å². The number of benzene rings is 2. The van der Waals surface area contributed by atoms with E-state index in [2.05, 4.69) is 51.1 Å². The van der Waals surface area contributed by atoms with Gasteiger partial charge in [0.05, 0.1) is 13.2 Å². The second-order valence-corrected chi connectivity index (χ2v) is 7.61. The molecule has 150 valence electrons. The lowest BCUT2D eigenvalue weighted by Crippen LogP contribution is -2.12. The number of hydrogen-bond donors (Lipinski definition) is 0. The van der Waals surface area contributed by atoms with Crippen LogP contribution in [0.4, 0.5) is 0 Å². The second kappa shape index (κ2) is 12.1. The van der Waals surface area contributed by atoms with E-state index in [1.54, 1.807) is 0 Å². The molecule has 2 rings (SSSR count). The van der Waals surface area contributed by atoms with Gasteiger partial charge in [-0.2, -0.15) is 0 Å². The summed E-state index contributed by atoms with van der Waals surface area (Å²) in [6.45, 7) is 8.11. The van der Waals surface area contributed by atoms with Crippen molar-refractivity contribution in [2.75, 3.05) is 19.1 Å². The molecule has 2 aromatic rings. The summed E-state index contributed by atoms with van der Waals surface area (Å²) in [5, 5.41) is 2.30. The largest absolute Gasteiger partial charge is 0.493 e. The highest BCUT2D eigenvalue weighted by Crippen LogP contribution is 2.37. The van der Waals surface area contributed by atoms with Gasteiger partial charge in [0.25, 0.3) is 0 Å². The first kappa shape index (κ1) is 21.9. The molecule has 0 amide bonds. The predicted molar refractivity (Wildman–Crippen MR) is 118 cm³/mol. The van der Waals surface area contributed by atoms with Crippen LogP contribution < -0.4 is 9.47 Å². The van der Waals surface area contributed by atoms with Crippen LogP contribution in [0.2, 0.25) is 0 Å². The van der Waals surface area contributed by atoms with Crippen molar-refractivity contribution < 1.29 is 9.47 Å². The van der Waals surface area contributed by atoms with E-state index in [1.807, 2.05) is 0 Å². The van der Waals surface area contributed by atoms with Crippen LogP contribution in [0.1, 0.15) is 64.9 Å². The normalized spacial score (nSPS) is 12.3. The van der Waals surface area contributed by atoms with Crippen molar-refractivity contribution >= 4 is 22.4 Å². The molecule has 27 heavy (non-hydrogen) atoms. The molecule has 0 aliphatic heterocycles. The van der Waals surface area contributed by atoms with Gasteiger partial charge in [0.2, 0.25) is 0 Å².